The second-order valence-corrected chi connectivity index (χ2v) is 4.65. The normalized spacial score (nSPS) is 10.2. The van der Waals surface area contributed by atoms with E-state index in [4.69, 9.17) is 5.11 Å². The summed E-state index contributed by atoms with van der Waals surface area (Å²) in [6.07, 6.45) is 2.66. The number of nitrogens with zero attached hydrogens (tertiary/aromatic N) is 1. The number of amides is 1. The van der Waals surface area contributed by atoms with Gasteiger partial charge in [0.2, 0.25) is 5.91 Å². The number of rotatable bonds is 8. The quantitative estimate of drug-likeness (QED) is 0.783. The van der Waals surface area contributed by atoms with Crippen molar-refractivity contribution in [2.24, 2.45) is 0 Å². The topological polar surface area (TPSA) is 57.6 Å². The molecule has 0 aliphatic carbocycles. The predicted octanol–water partition coefficient (Wildman–Crippen LogP) is 2.33. The van der Waals surface area contributed by atoms with Gasteiger partial charge in [-0.1, -0.05) is 30.3 Å². The molecule has 0 saturated heterocycles. The van der Waals surface area contributed by atoms with Crippen LogP contribution >= 0.6 is 0 Å². The van der Waals surface area contributed by atoms with E-state index in [9.17, 15) is 9.59 Å². The first kappa shape index (κ1) is 15.2. The van der Waals surface area contributed by atoms with Gasteiger partial charge in [-0.2, -0.15) is 0 Å². The van der Waals surface area contributed by atoms with Crippen molar-refractivity contribution in [3.05, 3.63) is 35.9 Å². The third kappa shape index (κ3) is 6.60. The van der Waals surface area contributed by atoms with Gasteiger partial charge in [0.25, 0.3) is 0 Å². The van der Waals surface area contributed by atoms with Crippen molar-refractivity contribution in [1.29, 1.82) is 0 Å². The molecule has 1 amide bonds. The maximum Gasteiger partial charge on any atom is 0.303 e. The molecule has 0 spiro atoms. The van der Waals surface area contributed by atoms with E-state index in [0.717, 1.165) is 12.8 Å². The van der Waals surface area contributed by atoms with Gasteiger partial charge in [0.15, 0.2) is 0 Å². The lowest BCUT2D eigenvalue weighted by atomic mass is 10.1. The van der Waals surface area contributed by atoms with Crippen LogP contribution < -0.4 is 0 Å². The summed E-state index contributed by atoms with van der Waals surface area (Å²) in [5.41, 5.74) is 1.27. The number of hydrogen-bond donors (Lipinski definition) is 1. The minimum Gasteiger partial charge on any atom is -0.481 e. The zero-order valence-corrected chi connectivity index (χ0v) is 11.3. The Hall–Kier alpha value is -1.84. The zero-order chi connectivity index (χ0) is 14.1. The lowest BCUT2D eigenvalue weighted by molar-refractivity contribution is -0.137. The Morgan fingerprint density at radius 1 is 1.11 bits per heavy atom. The highest BCUT2D eigenvalue weighted by Crippen LogP contribution is 2.05. The number of carboxylic acid groups (broad SMARTS) is 1. The molecule has 0 atom stereocenters. The Morgan fingerprint density at radius 3 is 2.42 bits per heavy atom. The molecule has 104 valence electrons. The van der Waals surface area contributed by atoms with E-state index in [1.165, 1.54) is 5.56 Å². The predicted molar refractivity (Wildman–Crippen MR) is 73.9 cm³/mol. The van der Waals surface area contributed by atoms with Crippen molar-refractivity contribution in [3.8, 4) is 0 Å². The summed E-state index contributed by atoms with van der Waals surface area (Å²) in [6.45, 7) is 0.709. The summed E-state index contributed by atoms with van der Waals surface area (Å²) in [6, 6.07) is 10.2. The molecule has 0 heterocycles. The fourth-order valence-electron chi connectivity index (χ4n) is 1.87. The highest BCUT2D eigenvalue weighted by atomic mass is 16.4. The summed E-state index contributed by atoms with van der Waals surface area (Å²) in [5.74, 6) is -0.825. The molecule has 4 nitrogen and oxygen atoms in total. The van der Waals surface area contributed by atoms with Gasteiger partial charge in [-0.05, 0) is 24.8 Å². The molecule has 0 aliphatic rings. The summed E-state index contributed by atoms with van der Waals surface area (Å²) in [7, 11) is 1.77. The zero-order valence-electron chi connectivity index (χ0n) is 11.3. The lowest BCUT2D eigenvalue weighted by Crippen LogP contribution is -2.27. The molecule has 1 rings (SSSR count). The second-order valence-electron chi connectivity index (χ2n) is 4.65. The largest absolute Gasteiger partial charge is 0.481 e. The molecule has 1 N–H and O–H groups in total. The SMILES string of the molecule is CN(CCCc1ccccc1)C(=O)CCCC(=O)O. The Kier molecular flexibility index (Phi) is 6.64. The van der Waals surface area contributed by atoms with Gasteiger partial charge in [-0.15, -0.1) is 0 Å². The molecule has 1 aromatic carbocycles. The Labute approximate surface area is 114 Å². The molecule has 1 aromatic rings. The van der Waals surface area contributed by atoms with Crippen molar-refractivity contribution in [2.45, 2.75) is 32.1 Å². The first-order valence-electron chi connectivity index (χ1n) is 6.59. The highest BCUT2D eigenvalue weighted by Gasteiger charge is 2.09. The standard InChI is InChI=1S/C15H21NO3/c1-16(14(17)10-5-11-15(18)19)12-6-9-13-7-3-2-4-8-13/h2-4,7-8H,5-6,9-12H2,1H3,(H,18,19). The van der Waals surface area contributed by atoms with Crippen LogP contribution in [0.2, 0.25) is 0 Å². The highest BCUT2D eigenvalue weighted by molar-refractivity contribution is 5.76. The van der Waals surface area contributed by atoms with Crippen LogP contribution in [0.15, 0.2) is 30.3 Å². The summed E-state index contributed by atoms with van der Waals surface area (Å²) >= 11 is 0. The second kappa shape index (κ2) is 8.29. The van der Waals surface area contributed by atoms with Crippen LogP contribution in [0, 0.1) is 0 Å². The van der Waals surface area contributed by atoms with Crippen LogP contribution in [0.3, 0.4) is 0 Å². The fourth-order valence-corrected chi connectivity index (χ4v) is 1.87. The third-order valence-corrected chi connectivity index (χ3v) is 3.01. The number of hydrogen-bond acceptors (Lipinski definition) is 2. The first-order valence-corrected chi connectivity index (χ1v) is 6.59. The van der Waals surface area contributed by atoms with Crippen molar-refractivity contribution in [3.63, 3.8) is 0 Å². The minimum atomic E-state index is -0.848. The molecule has 0 unspecified atom stereocenters. The van der Waals surface area contributed by atoms with Crippen LogP contribution in [-0.2, 0) is 16.0 Å². The molecular formula is C15H21NO3. The first-order chi connectivity index (χ1) is 9.09. The molecule has 4 heteroatoms. The van der Waals surface area contributed by atoms with Crippen molar-refractivity contribution in [2.75, 3.05) is 13.6 Å². The molecule has 0 bridgehead atoms. The van der Waals surface area contributed by atoms with Gasteiger partial charge < -0.3 is 10.0 Å². The number of aliphatic carboxylic acids is 1. The average Bonchev–Trinajstić information content (AvgIpc) is 2.39. The third-order valence-electron chi connectivity index (χ3n) is 3.01. The fraction of sp³-hybridized carbons (Fsp3) is 0.467. The minimum absolute atomic E-state index is 0.0225. The van der Waals surface area contributed by atoms with Crippen molar-refractivity contribution >= 4 is 11.9 Å². The lowest BCUT2D eigenvalue weighted by Gasteiger charge is -2.16. The molecule has 19 heavy (non-hydrogen) atoms. The smallest absolute Gasteiger partial charge is 0.303 e. The van der Waals surface area contributed by atoms with Gasteiger partial charge in [0, 0.05) is 26.4 Å². The van der Waals surface area contributed by atoms with Gasteiger partial charge in [-0.3, -0.25) is 9.59 Å². The van der Waals surface area contributed by atoms with Crippen LogP contribution in [0.25, 0.3) is 0 Å². The summed E-state index contributed by atoms with van der Waals surface area (Å²) < 4.78 is 0. The Morgan fingerprint density at radius 2 is 1.79 bits per heavy atom. The van der Waals surface area contributed by atoms with Crippen LogP contribution in [0.5, 0.6) is 0 Å². The van der Waals surface area contributed by atoms with Gasteiger partial charge in [-0.25, -0.2) is 0 Å². The Balaban J connectivity index is 2.18. The van der Waals surface area contributed by atoms with E-state index in [2.05, 4.69) is 12.1 Å². The average molecular weight is 263 g/mol. The van der Waals surface area contributed by atoms with E-state index in [1.54, 1.807) is 11.9 Å². The van der Waals surface area contributed by atoms with E-state index < -0.39 is 5.97 Å². The van der Waals surface area contributed by atoms with Crippen LogP contribution in [-0.4, -0.2) is 35.5 Å². The van der Waals surface area contributed by atoms with E-state index in [1.807, 2.05) is 18.2 Å². The molecule has 0 saturated carbocycles. The van der Waals surface area contributed by atoms with E-state index in [0.29, 0.717) is 19.4 Å². The number of carboxylic acids is 1. The monoisotopic (exact) mass is 263 g/mol. The van der Waals surface area contributed by atoms with E-state index in [-0.39, 0.29) is 12.3 Å². The van der Waals surface area contributed by atoms with Crippen molar-refractivity contribution in [1.82, 2.24) is 4.90 Å². The maximum atomic E-state index is 11.7. The van der Waals surface area contributed by atoms with Gasteiger partial charge >= 0.3 is 5.97 Å². The Bertz CT molecular complexity index is 403. The molecule has 0 aromatic heterocycles. The van der Waals surface area contributed by atoms with Crippen LogP contribution in [0.4, 0.5) is 0 Å². The number of benzene rings is 1. The molecular weight excluding hydrogens is 242 g/mol. The number of carbonyl (C=O) groups excluding carboxylic acids is 1. The van der Waals surface area contributed by atoms with Gasteiger partial charge in [0.1, 0.15) is 0 Å². The maximum absolute atomic E-state index is 11.7. The summed E-state index contributed by atoms with van der Waals surface area (Å²) in [5, 5.41) is 8.51. The molecule has 0 fully saturated rings. The van der Waals surface area contributed by atoms with E-state index >= 15 is 0 Å². The molecule has 0 aliphatic heterocycles. The van der Waals surface area contributed by atoms with Gasteiger partial charge in [0.05, 0.1) is 0 Å². The number of carbonyl (C=O) groups is 2. The number of aryl methyl sites for hydroxylation is 1. The van der Waals surface area contributed by atoms with Crippen molar-refractivity contribution < 1.29 is 14.7 Å². The molecule has 0 radical (unpaired) electrons. The van der Waals surface area contributed by atoms with Crippen LogP contribution in [0.1, 0.15) is 31.2 Å². The summed E-state index contributed by atoms with van der Waals surface area (Å²) in [4.78, 5) is 23.7.